The van der Waals surface area contributed by atoms with Crippen LogP contribution in [0.4, 0.5) is 5.69 Å². The molecule has 23 heavy (non-hydrogen) atoms. The first kappa shape index (κ1) is 17.5. The molecular formula is C18H27N3O2. The minimum atomic E-state index is -0.0359. The molecule has 0 spiro atoms. The standard InChI is InChI=1S/C18H27N3O2/c1-15(22)21-12-8-4-2-3-7-11-20(18(23)13-19)14-16-9-5-6-10-17(16)21/h5-6,9-10H,2-4,7-8,11-14,19H2,1H3. The van der Waals surface area contributed by atoms with Crippen LogP contribution in [0.25, 0.3) is 0 Å². The summed E-state index contributed by atoms with van der Waals surface area (Å²) >= 11 is 0. The lowest BCUT2D eigenvalue weighted by molar-refractivity contribution is -0.130. The maximum atomic E-state index is 12.1. The predicted molar refractivity (Wildman–Crippen MR) is 92.0 cm³/mol. The minimum Gasteiger partial charge on any atom is -0.337 e. The molecule has 0 saturated carbocycles. The van der Waals surface area contributed by atoms with Crippen molar-refractivity contribution in [3.8, 4) is 0 Å². The van der Waals surface area contributed by atoms with Crippen molar-refractivity contribution in [1.29, 1.82) is 0 Å². The monoisotopic (exact) mass is 317 g/mol. The van der Waals surface area contributed by atoms with E-state index in [1.165, 1.54) is 0 Å². The molecule has 5 nitrogen and oxygen atoms in total. The van der Waals surface area contributed by atoms with Crippen molar-refractivity contribution in [2.24, 2.45) is 5.73 Å². The Balaban J connectivity index is 2.33. The summed E-state index contributed by atoms with van der Waals surface area (Å²) in [7, 11) is 0. The third-order valence-corrected chi connectivity index (χ3v) is 4.36. The smallest absolute Gasteiger partial charge is 0.236 e. The predicted octanol–water partition coefficient (Wildman–Crippen LogP) is 2.29. The Morgan fingerprint density at radius 1 is 1.04 bits per heavy atom. The maximum absolute atomic E-state index is 12.1. The first-order valence-corrected chi connectivity index (χ1v) is 8.47. The summed E-state index contributed by atoms with van der Waals surface area (Å²) in [5.74, 6) is 0.0115. The molecule has 0 bridgehead atoms. The minimum absolute atomic E-state index is 0.0264. The van der Waals surface area contributed by atoms with E-state index in [2.05, 4.69) is 0 Å². The quantitative estimate of drug-likeness (QED) is 0.864. The van der Waals surface area contributed by atoms with Crippen LogP contribution < -0.4 is 10.6 Å². The highest BCUT2D eigenvalue weighted by Crippen LogP contribution is 2.24. The van der Waals surface area contributed by atoms with Gasteiger partial charge in [0.15, 0.2) is 0 Å². The van der Waals surface area contributed by atoms with E-state index in [-0.39, 0.29) is 18.4 Å². The molecule has 1 aliphatic rings. The number of rotatable bonds is 1. The molecule has 2 N–H and O–H groups in total. The number of nitrogens with zero attached hydrogens (tertiary/aromatic N) is 2. The zero-order valence-electron chi connectivity index (χ0n) is 14.0. The Kier molecular flexibility index (Phi) is 6.59. The Bertz CT molecular complexity index is 545. The van der Waals surface area contributed by atoms with Gasteiger partial charge in [-0.3, -0.25) is 9.59 Å². The lowest BCUT2D eigenvalue weighted by atomic mass is 10.1. The molecule has 1 aromatic rings. The van der Waals surface area contributed by atoms with Crippen LogP contribution in [0, 0.1) is 0 Å². The summed E-state index contributed by atoms with van der Waals surface area (Å²) in [4.78, 5) is 27.9. The van der Waals surface area contributed by atoms with Crippen LogP contribution in [-0.4, -0.2) is 36.3 Å². The second-order valence-electron chi connectivity index (χ2n) is 6.09. The van der Waals surface area contributed by atoms with Gasteiger partial charge in [0.1, 0.15) is 0 Å². The third-order valence-electron chi connectivity index (χ3n) is 4.36. The molecule has 0 aromatic heterocycles. The van der Waals surface area contributed by atoms with Gasteiger partial charge in [-0.15, -0.1) is 0 Å². The summed E-state index contributed by atoms with van der Waals surface area (Å²) in [5.41, 5.74) is 7.48. The van der Waals surface area contributed by atoms with Crippen LogP contribution in [0.1, 0.15) is 44.6 Å². The number of para-hydroxylation sites is 1. The highest BCUT2D eigenvalue weighted by Gasteiger charge is 2.19. The molecule has 2 rings (SSSR count). The van der Waals surface area contributed by atoms with Gasteiger partial charge in [0.25, 0.3) is 0 Å². The molecule has 2 amide bonds. The van der Waals surface area contributed by atoms with Crippen LogP contribution in [0.5, 0.6) is 0 Å². The molecule has 126 valence electrons. The number of hydrogen-bond acceptors (Lipinski definition) is 3. The van der Waals surface area contributed by atoms with Gasteiger partial charge in [-0.1, -0.05) is 37.5 Å². The Morgan fingerprint density at radius 2 is 1.70 bits per heavy atom. The molecule has 1 heterocycles. The van der Waals surface area contributed by atoms with Gasteiger partial charge in [-0.05, 0) is 24.5 Å². The number of fused-ring (bicyclic) bond motifs is 1. The molecule has 5 heteroatoms. The van der Waals surface area contributed by atoms with Gasteiger partial charge in [-0.2, -0.15) is 0 Å². The molecule has 0 atom stereocenters. The zero-order valence-corrected chi connectivity index (χ0v) is 14.0. The van der Waals surface area contributed by atoms with E-state index in [0.29, 0.717) is 6.54 Å². The summed E-state index contributed by atoms with van der Waals surface area (Å²) < 4.78 is 0. The van der Waals surface area contributed by atoms with Crippen molar-refractivity contribution < 1.29 is 9.59 Å². The Labute approximate surface area is 138 Å². The molecule has 1 aromatic carbocycles. The fraction of sp³-hybridized carbons (Fsp3) is 0.556. The van der Waals surface area contributed by atoms with Gasteiger partial charge >= 0.3 is 0 Å². The van der Waals surface area contributed by atoms with Crippen LogP contribution in [0.2, 0.25) is 0 Å². The van der Waals surface area contributed by atoms with Crippen molar-refractivity contribution in [2.75, 3.05) is 24.5 Å². The fourth-order valence-electron chi connectivity index (χ4n) is 3.08. The summed E-state index contributed by atoms with van der Waals surface area (Å²) in [5, 5.41) is 0. The summed E-state index contributed by atoms with van der Waals surface area (Å²) in [6.07, 6.45) is 5.37. The Hall–Kier alpha value is -1.88. The van der Waals surface area contributed by atoms with Crippen LogP contribution in [-0.2, 0) is 16.1 Å². The molecule has 0 unspecified atom stereocenters. The third kappa shape index (κ3) is 4.79. The number of benzene rings is 1. The average Bonchev–Trinajstić information content (AvgIpc) is 2.54. The van der Waals surface area contributed by atoms with E-state index in [1.807, 2.05) is 34.1 Å². The first-order chi connectivity index (χ1) is 11.1. The van der Waals surface area contributed by atoms with Gasteiger partial charge < -0.3 is 15.5 Å². The average molecular weight is 317 g/mol. The molecule has 0 radical (unpaired) electrons. The lowest BCUT2D eigenvalue weighted by Gasteiger charge is -2.28. The van der Waals surface area contributed by atoms with E-state index < -0.39 is 0 Å². The number of carbonyl (C=O) groups is 2. The molecule has 1 aliphatic heterocycles. The zero-order chi connectivity index (χ0) is 16.7. The van der Waals surface area contributed by atoms with Crippen LogP contribution >= 0.6 is 0 Å². The normalized spacial score (nSPS) is 17.0. The summed E-state index contributed by atoms with van der Waals surface area (Å²) in [6.45, 7) is 3.60. The number of anilines is 1. The largest absolute Gasteiger partial charge is 0.337 e. The molecule has 0 fully saturated rings. The van der Waals surface area contributed by atoms with E-state index in [9.17, 15) is 9.59 Å². The van der Waals surface area contributed by atoms with Gasteiger partial charge in [0.05, 0.1) is 6.54 Å². The lowest BCUT2D eigenvalue weighted by Crippen LogP contribution is -2.37. The topological polar surface area (TPSA) is 66.6 Å². The molecule has 0 aliphatic carbocycles. The second kappa shape index (κ2) is 8.67. The number of hydrogen-bond donors (Lipinski definition) is 1. The highest BCUT2D eigenvalue weighted by atomic mass is 16.2. The van der Waals surface area contributed by atoms with Gasteiger partial charge in [-0.25, -0.2) is 0 Å². The van der Waals surface area contributed by atoms with Gasteiger partial charge in [0.2, 0.25) is 11.8 Å². The summed E-state index contributed by atoms with van der Waals surface area (Å²) in [6, 6.07) is 7.85. The van der Waals surface area contributed by atoms with E-state index in [1.54, 1.807) is 6.92 Å². The fourth-order valence-corrected chi connectivity index (χ4v) is 3.08. The van der Waals surface area contributed by atoms with Crippen molar-refractivity contribution in [2.45, 2.75) is 45.6 Å². The maximum Gasteiger partial charge on any atom is 0.236 e. The number of carbonyl (C=O) groups excluding carboxylic acids is 2. The van der Waals surface area contributed by atoms with E-state index in [0.717, 1.165) is 56.4 Å². The van der Waals surface area contributed by atoms with Crippen molar-refractivity contribution in [1.82, 2.24) is 4.90 Å². The van der Waals surface area contributed by atoms with Gasteiger partial charge in [0, 0.05) is 32.2 Å². The Morgan fingerprint density at radius 3 is 2.39 bits per heavy atom. The van der Waals surface area contributed by atoms with Crippen molar-refractivity contribution >= 4 is 17.5 Å². The number of nitrogens with two attached hydrogens (primary N) is 1. The van der Waals surface area contributed by atoms with Crippen LogP contribution in [0.15, 0.2) is 24.3 Å². The number of amides is 2. The first-order valence-electron chi connectivity index (χ1n) is 8.47. The van der Waals surface area contributed by atoms with Crippen LogP contribution in [0.3, 0.4) is 0 Å². The van der Waals surface area contributed by atoms with Crippen molar-refractivity contribution in [3.05, 3.63) is 29.8 Å². The van der Waals surface area contributed by atoms with Crippen molar-refractivity contribution in [3.63, 3.8) is 0 Å². The second-order valence-corrected chi connectivity index (χ2v) is 6.09. The molecular weight excluding hydrogens is 290 g/mol. The van der Waals surface area contributed by atoms with E-state index in [4.69, 9.17) is 5.73 Å². The van der Waals surface area contributed by atoms with E-state index >= 15 is 0 Å². The SMILES string of the molecule is CC(=O)N1CCCCCCCN(C(=O)CN)Cc2ccccc21. The molecule has 0 saturated heterocycles. The highest BCUT2D eigenvalue weighted by molar-refractivity contribution is 5.92.